The van der Waals surface area contributed by atoms with E-state index in [4.69, 9.17) is 9.73 Å². The Kier molecular flexibility index (Phi) is 4.15. The molecule has 0 spiro atoms. The van der Waals surface area contributed by atoms with Gasteiger partial charge in [-0.2, -0.15) is 0 Å². The summed E-state index contributed by atoms with van der Waals surface area (Å²) in [6, 6.07) is 18.3. The van der Waals surface area contributed by atoms with Crippen LogP contribution in [0.15, 0.2) is 59.6 Å². The molecule has 2 heterocycles. The van der Waals surface area contributed by atoms with E-state index in [1.54, 1.807) is 6.92 Å². The highest BCUT2D eigenvalue weighted by Gasteiger charge is 2.50. The molecule has 0 radical (unpaired) electrons. The van der Waals surface area contributed by atoms with Crippen molar-refractivity contribution in [3.05, 3.63) is 60.2 Å². The van der Waals surface area contributed by atoms with Crippen LogP contribution in [-0.2, 0) is 9.53 Å². The van der Waals surface area contributed by atoms with Crippen molar-refractivity contribution in [3.8, 4) is 0 Å². The number of nitrogens with zero attached hydrogens (tertiary/aromatic N) is 3. The van der Waals surface area contributed by atoms with Crippen LogP contribution >= 0.6 is 0 Å². The number of aliphatic imine (C=N–C) groups is 1. The van der Waals surface area contributed by atoms with Gasteiger partial charge in [0.1, 0.15) is 0 Å². The summed E-state index contributed by atoms with van der Waals surface area (Å²) in [5.41, 5.74) is 3.09. The van der Waals surface area contributed by atoms with Crippen molar-refractivity contribution < 1.29 is 9.53 Å². The van der Waals surface area contributed by atoms with Gasteiger partial charge in [-0.05, 0) is 24.6 Å². The number of amides is 1. The van der Waals surface area contributed by atoms with E-state index >= 15 is 0 Å². The number of ether oxygens (including phenoxy) is 1. The zero-order valence-corrected chi connectivity index (χ0v) is 15.3. The second-order valence-electron chi connectivity index (χ2n) is 6.68. The third-order valence-electron chi connectivity index (χ3n) is 5.20. The van der Waals surface area contributed by atoms with E-state index in [9.17, 15) is 4.79 Å². The minimum atomic E-state index is -0.292. The summed E-state index contributed by atoms with van der Waals surface area (Å²) in [7, 11) is 2.08. The predicted octanol–water partition coefficient (Wildman–Crippen LogP) is 3.42. The van der Waals surface area contributed by atoms with Crippen LogP contribution in [0, 0.1) is 0 Å². The zero-order chi connectivity index (χ0) is 18.3. The molecule has 0 fully saturated rings. The monoisotopic (exact) mass is 349 g/mol. The van der Waals surface area contributed by atoms with Crippen LogP contribution in [0.5, 0.6) is 0 Å². The Morgan fingerprint density at radius 2 is 1.73 bits per heavy atom. The highest BCUT2D eigenvalue weighted by Crippen LogP contribution is 2.45. The van der Waals surface area contributed by atoms with E-state index in [2.05, 4.69) is 30.1 Å². The number of anilines is 2. The van der Waals surface area contributed by atoms with Gasteiger partial charge in [-0.3, -0.25) is 9.69 Å². The van der Waals surface area contributed by atoms with Crippen LogP contribution in [0.3, 0.4) is 0 Å². The van der Waals surface area contributed by atoms with Gasteiger partial charge in [0.05, 0.1) is 29.9 Å². The van der Waals surface area contributed by atoms with Gasteiger partial charge in [0.25, 0.3) is 0 Å². The Labute approximate surface area is 153 Å². The minimum Gasteiger partial charge on any atom is -0.481 e. The lowest BCUT2D eigenvalue weighted by molar-refractivity contribution is -0.117. The lowest BCUT2D eigenvalue weighted by atomic mass is 9.88. The fraction of sp³-hybridized carbons (Fsp3) is 0.333. The number of hydrogen-bond acceptors (Lipinski definition) is 4. The smallest absolute Gasteiger partial charge is 0.225 e. The van der Waals surface area contributed by atoms with Crippen molar-refractivity contribution in [2.24, 2.45) is 4.99 Å². The predicted molar refractivity (Wildman–Crippen MR) is 104 cm³/mol. The summed E-state index contributed by atoms with van der Waals surface area (Å²) in [6.45, 7) is 4.12. The molecule has 2 aliphatic heterocycles. The first kappa shape index (κ1) is 16.6. The van der Waals surface area contributed by atoms with Gasteiger partial charge >= 0.3 is 0 Å². The first-order valence-corrected chi connectivity index (χ1v) is 9.00. The van der Waals surface area contributed by atoms with E-state index in [-0.39, 0.29) is 24.0 Å². The summed E-state index contributed by atoms with van der Waals surface area (Å²) in [4.78, 5) is 21.4. The number of carbonyl (C=O) groups is 1. The van der Waals surface area contributed by atoms with Crippen LogP contribution in [-0.4, -0.2) is 37.7 Å². The average molecular weight is 349 g/mol. The van der Waals surface area contributed by atoms with E-state index in [1.165, 1.54) is 0 Å². The van der Waals surface area contributed by atoms with Crippen molar-refractivity contribution in [3.63, 3.8) is 0 Å². The SMILES string of the molecule is CCOC1=NC2C(C1c1ccccc1)N(C)c1ccccc1N2C(C)=O. The minimum absolute atomic E-state index is 0.00208. The van der Waals surface area contributed by atoms with Crippen LogP contribution in [0.25, 0.3) is 0 Å². The third-order valence-corrected chi connectivity index (χ3v) is 5.20. The maximum atomic E-state index is 12.5. The van der Waals surface area contributed by atoms with Gasteiger partial charge in [0.2, 0.25) is 5.91 Å². The summed E-state index contributed by atoms with van der Waals surface area (Å²) in [5.74, 6) is 0.690. The number of para-hydroxylation sites is 2. The maximum absolute atomic E-state index is 12.5. The molecule has 4 rings (SSSR count). The van der Waals surface area contributed by atoms with E-state index in [1.807, 2.05) is 48.2 Å². The van der Waals surface area contributed by atoms with Gasteiger partial charge in [-0.1, -0.05) is 42.5 Å². The molecule has 26 heavy (non-hydrogen) atoms. The zero-order valence-electron chi connectivity index (χ0n) is 15.3. The van der Waals surface area contributed by atoms with E-state index in [0.717, 1.165) is 16.9 Å². The molecule has 5 heteroatoms. The van der Waals surface area contributed by atoms with Crippen molar-refractivity contribution >= 4 is 23.2 Å². The van der Waals surface area contributed by atoms with Gasteiger partial charge in [-0.25, -0.2) is 4.99 Å². The number of rotatable bonds is 2. The Morgan fingerprint density at radius 1 is 1.08 bits per heavy atom. The molecule has 0 bridgehead atoms. The molecule has 0 aliphatic carbocycles. The first-order chi connectivity index (χ1) is 12.6. The van der Waals surface area contributed by atoms with Crippen LogP contribution in [0.1, 0.15) is 25.3 Å². The van der Waals surface area contributed by atoms with Crippen LogP contribution in [0.2, 0.25) is 0 Å². The van der Waals surface area contributed by atoms with Crippen molar-refractivity contribution in [1.82, 2.24) is 0 Å². The van der Waals surface area contributed by atoms with Crippen LogP contribution in [0.4, 0.5) is 11.4 Å². The van der Waals surface area contributed by atoms with Gasteiger partial charge in [0, 0.05) is 14.0 Å². The fourth-order valence-corrected chi connectivity index (χ4v) is 4.14. The molecular weight excluding hydrogens is 326 g/mol. The molecule has 2 aromatic rings. The lowest BCUT2D eigenvalue weighted by Crippen LogP contribution is -2.56. The van der Waals surface area contributed by atoms with Gasteiger partial charge < -0.3 is 9.64 Å². The quantitative estimate of drug-likeness (QED) is 0.834. The number of fused-ring (bicyclic) bond motifs is 2. The van der Waals surface area contributed by atoms with Gasteiger partial charge in [0.15, 0.2) is 12.1 Å². The highest BCUT2D eigenvalue weighted by atomic mass is 16.5. The summed E-state index contributed by atoms with van der Waals surface area (Å²) in [5, 5.41) is 0. The largest absolute Gasteiger partial charge is 0.481 e. The molecule has 0 aromatic heterocycles. The van der Waals surface area contributed by atoms with Crippen LogP contribution < -0.4 is 9.80 Å². The molecule has 5 nitrogen and oxygen atoms in total. The Balaban J connectivity index is 1.87. The van der Waals surface area contributed by atoms with Gasteiger partial charge in [-0.15, -0.1) is 0 Å². The molecule has 1 amide bonds. The second kappa shape index (κ2) is 6.48. The molecule has 134 valence electrons. The average Bonchev–Trinajstić information content (AvgIpc) is 3.02. The highest BCUT2D eigenvalue weighted by molar-refractivity contribution is 6.00. The summed E-state index contributed by atoms with van der Waals surface area (Å²) >= 11 is 0. The summed E-state index contributed by atoms with van der Waals surface area (Å²) < 4.78 is 5.92. The first-order valence-electron chi connectivity index (χ1n) is 9.00. The van der Waals surface area contributed by atoms with E-state index < -0.39 is 0 Å². The maximum Gasteiger partial charge on any atom is 0.225 e. The number of carbonyl (C=O) groups excluding carboxylic acids is 1. The normalized spacial score (nSPS) is 24.0. The Morgan fingerprint density at radius 3 is 2.38 bits per heavy atom. The molecule has 0 N–H and O–H groups in total. The van der Waals surface area contributed by atoms with Crippen molar-refractivity contribution in [2.45, 2.75) is 32.0 Å². The Hall–Kier alpha value is -2.82. The summed E-state index contributed by atoms with van der Waals surface area (Å²) in [6.07, 6.45) is -0.292. The van der Waals surface area contributed by atoms with E-state index in [0.29, 0.717) is 12.5 Å². The molecule has 3 atom stereocenters. The molecule has 2 aromatic carbocycles. The lowest BCUT2D eigenvalue weighted by Gasteiger charge is -2.45. The standard InChI is InChI=1S/C21H23N3O2/c1-4-26-21-18(15-10-6-5-7-11-15)19-20(22-21)24(14(2)25)17-13-9-8-12-16(17)23(19)3/h5-13,18-20H,4H2,1-3H3. The number of likely N-dealkylation sites (N-methyl/N-ethyl adjacent to an activating group) is 1. The van der Waals surface area contributed by atoms with Crippen molar-refractivity contribution in [2.75, 3.05) is 23.5 Å². The molecule has 0 saturated carbocycles. The third kappa shape index (κ3) is 2.46. The number of hydrogen-bond donors (Lipinski definition) is 0. The topological polar surface area (TPSA) is 45.1 Å². The molecular formula is C21H23N3O2. The number of benzene rings is 2. The molecule has 3 unspecified atom stereocenters. The second-order valence-corrected chi connectivity index (χ2v) is 6.68. The molecule has 2 aliphatic rings. The molecule has 0 saturated heterocycles. The van der Waals surface area contributed by atoms with Crippen molar-refractivity contribution in [1.29, 1.82) is 0 Å². The fourth-order valence-electron chi connectivity index (χ4n) is 4.14. The Bertz CT molecular complexity index is 849.